The number of nitrogens with two attached hydrogens (primary N) is 1. The molecule has 0 spiro atoms. The zero-order chi connectivity index (χ0) is 18.9. The molecule has 0 bridgehead atoms. The van der Waals surface area contributed by atoms with Crippen LogP contribution in [0.15, 0.2) is 76.9 Å². The number of fused-ring (bicyclic) bond motifs is 1. The molecule has 0 radical (unpaired) electrons. The molecule has 5 nitrogen and oxygen atoms in total. The second-order valence-corrected chi connectivity index (χ2v) is 7.41. The van der Waals surface area contributed by atoms with Gasteiger partial charge < -0.3 is 20.5 Å². The van der Waals surface area contributed by atoms with Gasteiger partial charge in [0, 0.05) is 42.6 Å². The molecule has 5 heteroatoms. The number of para-hydroxylation sites is 1. The average Bonchev–Trinajstić information content (AvgIpc) is 3.13. The summed E-state index contributed by atoms with van der Waals surface area (Å²) in [5.74, 6) is 0. The molecule has 142 valence electrons. The quantitative estimate of drug-likeness (QED) is 0.739. The van der Waals surface area contributed by atoms with Crippen molar-refractivity contribution in [1.29, 1.82) is 0 Å². The summed E-state index contributed by atoms with van der Waals surface area (Å²) in [5, 5.41) is 4.74. The minimum absolute atomic E-state index is 0.127. The Morgan fingerprint density at radius 3 is 2.75 bits per heavy atom. The first-order valence-electron chi connectivity index (χ1n) is 9.90. The molecular weight excluding hydrogens is 346 g/mol. The molecule has 1 unspecified atom stereocenters. The maximum absolute atomic E-state index is 6.14. The third-order valence-corrected chi connectivity index (χ3v) is 5.69. The van der Waals surface area contributed by atoms with Gasteiger partial charge in [0.15, 0.2) is 0 Å². The van der Waals surface area contributed by atoms with Gasteiger partial charge in [0.25, 0.3) is 0 Å². The Kier molecular flexibility index (Phi) is 4.47. The summed E-state index contributed by atoms with van der Waals surface area (Å²) in [4.78, 5) is 7.45. The summed E-state index contributed by atoms with van der Waals surface area (Å²) in [7, 11) is 0. The van der Waals surface area contributed by atoms with E-state index in [1.165, 1.54) is 27.7 Å². The van der Waals surface area contributed by atoms with Crippen molar-refractivity contribution in [3.8, 4) is 0 Å². The first-order chi connectivity index (χ1) is 13.8. The molecule has 28 heavy (non-hydrogen) atoms. The smallest absolute Gasteiger partial charge is 0.203 e. The lowest BCUT2D eigenvalue weighted by Gasteiger charge is -2.40. The molecule has 0 fully saturated rings. The number of aliphatic imine (C=N–C) groups is 1. The Bertz CT molecular complexity index is 1050. The fraction of sp³-hybridized carbons (Fsp3) is 0.261. The molecule has 2 aliphatic heterocycles. The predicted molar refractivity (Wildman–Crippen MR) is 114 cm³/mol. The number of aromatic nitrogens is 1. The molecular formula is C23H25N5. The molecule has 2 aliphatic rings. The van der Waals surface area contributed by atoms with Crippen LogP contribution >= 0.6 is 0 Å². The maximum Gasteiger partial charge on any atom is 0.203 e. The SMILES string of the molecule is NCc1cc2ccccc2n1C1N=CC2=C(CNCC2)N1Cc1ccccc1. The van der Waals surface area contributed by atoms with E-state index in [9.17, 15) is 0 Å². The third-order valence-electron chi connectivity index (χ3n) is 5.69. The van der Waals surface area contributed by atoms with Crippen LogP contribution in [0.3, 0.4) is 0 Å². The van der Waals surface area contributed by atoms with Crippen molar-refractivity contribution >= 4 is 17.1 Å². The van der Waals surface area contributed by atoms with Gasteiger partial charge >= 0.3 is 0 Å². The highest BCUT2D eigenvalue weighted by atomic mass is 15.4. The van der Waals surface area contributed by atoms with E-state index >= 15 is 0 Å². The van der Waals surface area contributed by atoms with Gasteiger partial charge in [-0.2, -0.15) is 0 Å². The summed E-state index contributed by atoms with van der Waals surface area (Å²) in [5.41, 5.74) is 12.4. The molecule has 1 aromatic heterocycles. The van der Waals surface area contributed by atoms with Gasteiger partial charge in [-0.1, -0.05) is 48.5 Å². The summed E-state index contributed by atoms with van der Waals surface area (Å²) >= 11 is 0. The summed E-state index contributed by atoms with van der Waals surface area (Å²) < 4.78 is 2.30. The molecule has 0 amide bonds. The first-order valence-corrected chi connectivity index (χ1v) is 9.90. The number of hydrogen-bond donors (Lipinski definition) is 2. The van der Waals surface area contributed by atoms with Gasteiger partial charge in [0.1, 0.15) is 0 Å². The lowest BCUT2D eigenvalue weighted by atomic mass is 10.0. The number of benzene rings is 2. The van der Waals surface area contributed by atoms with Crippen LogP contribution in [-0.4, -0.2) is 28.8 Å². The molecule has 2 aromatic carbocycles. The Morgan fingerprint density at radius 2 is 1.89 bits per heavy atom. The zero-order valence-corrected chi connectivity index (χ0v) is 15.9. The first kappa shape index (κ1) is 17.2. The fourth-order valence-electron chi connectivity index (χ4n) is 4.32. The molecule has 5 rings (SSSR count). The van der Waals surface area contributed by atoms with E-state index < -0.39 is 0 Å². The van der Waals surface area contributed by atoms with Gasteiger partial charge in [-0.3, -0.25) is 0 Å². The zero-order valence-electron chi connectivity index (χ0n) is 15.9. The van der Waals surface area contributed by atoms with E-state index in [1.54, 1.807) is 0 Å². The van der Waals surface area contributed by atoms with Gasteiger partial charge in [-0.15, -0.1) is 0 Å². The molecule has 0 saturated heterocycles. The van der Waals surface area contributed by atoms with E-state index in [1.807, 2.05) is 0 Å². The molecule has 1 atom stereocenters. The topological polar surface area (TPSA) is 58.6 Å². The highest BCUT2D eigenvalue weighted by molar-refractivity contribution is 5.83. The Morgan fingerprint density at radius 1 is 1.07 bits per heavy atom. The molecule has 3 N–H and O–H groups in total. The molecule has 0 saturated carbocycles. The van der Waals surface area contributed by atoms with Gasteiger partial charge in [-0.25, -0.2) is 4.99 Å². The van der Waals surface area contributed by atoms with Crippen molar-refractivity contribution in [1.82, 2.24) is 14.8 Å². The minimum atomic E-state index is -0.127. The van der Waals surface area contributed by atoms with Crippen LogP contribution in [0.1, 0.15) is 24.0 Å². The highest BCUT2D eigenvalue weighted by Crippen LogP contribution is 2.34. The number of nitrogens with one attached hydrogen (secondary N) is 1. The second-order valence-electron chi connectivity index (χ2n) is 7.41. The largest absolute Gasteiger partial charge is 0.330 e. The molecule has 3 aromatic rings. The number of hydrogen-bond acceptors (Lipinski definition) is 4. The van der Waals surface area contributed by atoms with Crippen LogP contribution in [0.4, 0.5) is 0 Å². The second kappa shape index (κ2) is 7.26. The lowest BCUT2D eigenvalue weighted by molar-refractivity contribution is 0.174. The van der Waals surface area contributed by atoms with Crippen molar-refractivity contribution < 1.29 is 0 Å². The average molecular weight is 371 g/mol. The Labute approximate surface area is 165 Å². The fourth-order valence-corrected chi connectivity index (χ4v) is 4.32. The van der Waals surface area contributed by atoms with Crippen molar-refractivity contribution in [2.45, 2.75) is 25.8 Å². The van der Waals surface area contributed by atoms with Crippen LogP contribution in [0.25, 0.3) is 10.9 Å². The van der Waals surface area contributed by atoms with E-state index in [4.69, 9.17) is 10.7 Å². The Balaban J connectivity index is 1.63. The molecule has 0 aliphatic carbocycles. The Hall–Kier alpha value is -2.89. The minimum Gasteiger partial charge on any atom is -0.330 e. The van der Waals surface area contributed by atoms with Gasteiger partial charge in [-0.05, 0) is 36.2 Å². The normalized spacial score (nSPS) is 19.3. The van der Waals surface area contributed by atoms with Gasteiger partial charge in [0.2, 0.25) is 6.29 Å². The van der Waals surface area contributed by atoms with Crippen LogP contribution in [-0.2, 0) is 13.1 Å². The highest BCUT2D eigenvalue weighted by Gasteiger charge is 2.30. The van der Waals surface area contributed by atoms with Crippen molar-refractivity contribution in [3.05, 3.63) is 83.2 Å². The lowest BCUT2D eigenvalue weighted by Crippen LogP contribution is -2.41. The van der Waals surface area contributed by atoms with E-state index in [2.05, 4.69) is 81.7 Å². The van der Waals surface area contributed by atoms with E-state index in [-0.39, 0.29) is 6.29 Å². The van der Waals surface area contributed by atoms with Crippen molar-refractivity contribution in [2.75, 3.05) is 13.1 Å². The maximum atomic E-state index is 6.14. The van der Waals surface area contributed by atoms with E-state index in [0.717, 1.165) is 31.7 Å². The van der Waals surface area contributed by atoms with Crippen LogP contribution in [0, 0.1) is 0 Å². The van der Waals surface area contributed by atoms with Gasteiger partial charge in [0.05, 0.1) is 5.52 Å². The summed E-state index contributed by atoms with van der Waals surface area (Å²) in [6.45, 7) is 3.20. The van der Waals surface area contributed by atoms with Crippen LogP contribution in [0.5, 0.6) is 0 Å². The van der Waals surface area contributed by atoms with Crippen LogP contribution < -0.4 is 11.1 Å². The summed E-state index contributed by atoms with van der Waals surface area (Å²) in [6, 6.07) is 21.3. The number of rotatable bonds is 4. The monoisotopic (exact) mass is 371 g/mol. The van der Waals surface area contributed by atoms with Crippen LogP contribution in [0.2, 0.25) is 0 Å². The van der Waals surface area contributed by atoms with Crippen molar-refractivity contribution in [2.24, 2.45) is 10.7 Å². The predicted octanol–water partition coefficient (Wildman–Crippen LogP) is 3.39. The third kappa shape index (κ3) is 2.93. The van der Waals surface area contributed by atoms with Crippen molar-refractivity contribution in [3.63, 3.8) is 0 Å². The van der Waals surface area contributed by atoms with E-state index in [0.29, 0.717) is 6.54 Å². The summed E-state index contributed by atoms with van der Waals surface area (Å²) in [6.07, 6.45) is 2.97. The number of nitrogens with zero attached hydrogens (tertiary/aromatic N) is 3. The standard InChI is InChI=1S/C23H25N5/c24-13-20-12-18-8-4-5-9-21(18)28(20)23-26-14-19-10-11-25-15-22(19)27(23)16-17-6-2-1-3-7-17/h1-9,12,14,23,25H,10-11,13,15-16,24H2. The molecule has 3 heterocycles.